The van der Waals surface area contributed by atoms with E-state index in [0.29, 0.717) is 6.61 Å². The van der Waals surface area contributed by atoms with Gasteiger partial charge in [-0.1, -0.05) is 0 Å². The van der Waals surface area contributed by atoms with Crippen LogP contribution in [0.2, 0.25) is 0 Å². The summed E-state index contributed by atoms with van der Waals surface area (Å²) in [6, 6.07) is 3.47. The molecule has 0 aliphatic carbocycles. The predicted octanol–water partition coefficient (Wildman–Crippen LogP) is 3.48. The number of hydrogen-bond acceptors (Lipinski definition) is 3. The van der Waals surface area contributed by atoms with Gasteiger partial charge in [-0.15, -0.1) is 0 Å². The number of nitrogens with zero attached hydrogens (tertiary/aromatic N) is 2. The third-order valence-electron chi connectivity index (χ3n) is 5.28. The van der Waals surface area contributed by atoms with Crippen molar-refractivity contribution in [1.82, 2.24) is 10.2 Å². The Kier molecular flexibility index (Phi) is 8.03. The predicted molar refractivity (Wildman–Crippen MR) is 105 cm³/mol. The highest BCUT2D eigenvalue weighted by Gasteiger charge is 2.23. The molecule has 2 heterocycles. The molecule has 0 aromatic heterocycles. The second-order valence-corrected chi connectivity index (χ2v) is 7.41. The Balaban J connectivity index is 1.50. The van der Waals surface area contributed by atoms with E-state index in [4.69, 9.17) is 9.47 Å². The lowest BCUT2D eigenvalue weighted by atomic mass is 10.1. The molecule has 2 saturated heterocycles. The van der Waals surface area contributed by atoms with Crippen LogP contribution < -0.4 is 5.32 Å². The molecule has 0 saturated carbocycles. The standard InChI is InChI=1S/C21H31F2N3O2/c1-2-24-21(25-14-16-13-17(22)6-7-20(16)23)26-10-8-18(9-11-26)28-15-19-5-3-4-12-27-19/h6-7,13,18-19H,2-5,8-12,14-15H2,1H3,(H,24,25). The van der Waals surface area contributed by atoms with Crippen LogP contribution in [0.15, 0.2) is 23.2 Å². The average Bonchev–Trinajstić information content (AvgIpc) is 2.73. The van der Waals surface area contributed by atoms with Crippen molar-refractivity contribution in [2.24, 2.45) is 4.99 Å². The highest BCUT2D eigenvalue weighted by molar-refractivity contribution is 5.80. The van der Waals surface area contributed by atoms with E-state index in [2.05, 4.69) is 15.2 Å². The Hall–Kier alpha value is -1.73. The van der Waals surface area contributed by atoms with Crippen LogP contribution in [0.3, 0.4) is 0 Å². The monoisotopic (exact) mass is 395 g/mol. The quantitative estimate of drug-likeness (QED) is 0.592. The molecule has 1 N–H and O–H groups in total. The number of benzene rings is 1. The van der Waals surface area contributed by atoms with Crippen LogP contribution >= 0.6 is 0 Å². The van der Waals surface area contributed by atoms with E-state index in [9.17, 15) is 8.78 Å². The van der Waals surface area contributed by atoms with Crippen molar-refractivity contribution in [3.63, 3.8) is 0 Å². The molecule has 5 nitrogen and oxygen atoms in total. The number of likely N-dealkylation sites (tertiary alicyclic amines) is 1. The summed E-state index contributed by atoms with van der Waals surface area (Å²) in [6.45, 7) is 6.01. The SMILES string of the molecule is CCNC(=NCc1cc(F)ccc1F)N1CCC(OCC2CCCCO2)CC1. The minimum atomic E-state index is -0.448. The Bertz CT molecular complexity index is 643. The number of guanidine groups is 1. The van der Waals surface area contributed by atoms with E-state index < -0.39 is 11.6 Å². The normalized spacial score (nSPS) is 21.8. The Labute approximate surface area is 166 Å². The van der Waals surface area contributed by atoms with E-state index in [1.807, 2.05) is 6.92 Å². The molecule has 2 aliphatic rings. The third kappa shape index (κ3) is 6.14. The van der Waals surface area contributed by atoms with Gasteiger partial charge in [-0.2, -0.15) is 0 Å². The first-order valence-corrected chi connectivity index (χ1v) is 10.4. The number of ether oxygens (including phenoxy) is 2. The van der Waals surface area contributed by atoms with Crippen LogP contribution in [-0.4, -0.2) is 55.9 Å². The summed E-state index contributed by atoms with van der Waals surface area (Å²) in [4.78, 5) is 6.68. The van der Waals surface area contributed by atoms with Gasteiger partial charge in [0, 0.05) is 31.8 Å². The topological polar surface area (TPSA) is 46.1 Å². The smallest absolute Gasteiger partial charge is 0.194 e. The van der Waals surface area contributed by atoms with Gasteiger partial charge < -0.3 is 19.7 Å². The van der Waals surface area contributed by atoms with Gasteiger partial charge in [0.15, 0.2) is 5.96 Å². The lowest BCUT2D eigenvalue weighted by molar-refractivity contribution is -0.0721. The van der Waals surface area contributed by atoms with Crippen LogP contribution in [0, 0.1) is 11.6 Å². The van der Waals surface area contributed by atoms with Gasteiger partial charge >= 0.3 is 0 Å². The summed E-state index contributed by atoms with van der Waals surface area (Å²) >= 11 is 0. The Morgan fingerprint density at radius 1 is 1.25 bits per heavy atom. The lowest BCUT2D eigenvalue weighted by Crippen LogP contribution is -2.47. The number of rotatable bonds is 6. The fraction of sp³-hybridized carbons (Fsp3) is 0.667. The van der Waals surface area contributed by atoms with E-state index in [1.165, 1.54) is 12.5 Å². The van der Waals surface area contributed by atoms with Gasteiger partial charge in [-0.3, -0.25) is 0 Å². The zero-order valence-electron chi connectivity index (χ0n) is 16.6. The first-order chi connectivity index (χ1) is 13.7. The second-order valence-electron chi connectivity index (χ2n) is 7.41. The maximum Gasteiger partial charge on any atom is 0.194 e. The number of hydrogen-bond donors (Lipinski definition) is 1. The van der Waals surface area contributed by atoms with Crippen molar-refractivity contribution < 1.29 is 18.3 Å². The fourth-order valence-electron chi connectivity index (χ4n) is 3.67. The zero-order chi connectivity index (χ0) is 19.8. The van der Waals surface area contributed by atoms with Gasteiger partial charge in [-0.25, -0.2) is 13.8 Å². The van der Waals surface area contributed by atoms with Crippen molar-refractivity contribution >= 4 is 5.96 Å². The molecule has 0 bridgehead atoms. The van der Waals surface area contributed by atoms with Crippen molar-refractivity contribution in [2.75, 3.05) is 32.8 Å². The number of nitrogens with one attached hydrogen (secondary N) is 1. The van der Waals surface area contributed by atoms with Gasteiger partial charge in [0.25, 0.3) is 0 Å². The van der Waals surface area contributed by atoms with Crippen LogP contribution in [-0.2, 0) is 16.0 Å². The van der Waals surface area contributed by atoms with Gasteiger partial charge in [0.2, 0.25) is 0 Å². The first kappa shape index (κ1) is 21.0. The van der Waals surface area contributed by atoms with Crippen LogP contribution in [0.4, 0.5) is 8.78 Å². The van der Waals surface area contributed by atoms with E-state index in [1.54, 1.807) is 0 Å². The summed E-state index contributed by atoms with van der Waals surface area (Å²) in [6.07, 6.45) is 5.79. The molecule has 0 amide bonds. The maximum atomic E-state index is 13.8. The molecular formula is C21H31F2N3O2. The molecule has 28 heavy (non-hydrogen) atoms. The van der Waals surface area contributed by atoms with E-state index in [-0.39, 0.29) is 24.3 Å². The van der Waals surface area contributed by atoms with Crippen LogP contribution in [0.5, 0.6) is 0 Å². The summed E-state index contributed by atoms with van der Waals surface area (Å²) < 4.78 is 39.0. The van der Waals surface area contributed by atoms with Crippen molar-refractivity contribution in [1.29, 1.82) is 0 Å². The van der Waals surface area contributed by atoms with Gasteiger partial charge in [0.05, 0.1) is 25.4 Å². The molecule has 1 aromatic carbocycles. The zero-order valence-corrected chi connectivity index (χ0v) is 16.6. The number of halogens is 2. The summed E-state index contributed by atoms with van der Waals surface area (Å²) in [5, 5.41) is 3.25. The molecule has 7 heteroatoms. The maximum absolute atomic E-state index is 13.8. The second kappa shape index (κ2) is 10.7. The lowest BCUT2D eigenvalue weighted by Gasteiger charge is -2.35. The minimum Gasteiger partial charge on any atom is -0.376 e. The number of aliphatic imine (C=N–C) groups is 1. The third-order valence-corrected chi connectivity index (χ3v) is 5.28. The van der Waals surface area contributed by atoms with Crippen molar-refractivity contribution in [2.45, 2.75) is 57.8 Å². The first-order valence-electron chi connectivity index (χ1n) is 10.4. The van der Waals surface area contributed by atoms with E-state index >= 15 is 0 Å². The fourth-order valence-corrected chi connectivity index (χ4v) is 3.67. The van der Waals surface area contributed by atoms with Gasteiger partial charge in [0.1, 0.15) is 11.6 Å². The molecule has 3 rings (SSSR count). The molecule has 156 valence electrons. The molecule has 0 radical (unpaired) electrons. The molecule has 2 fully saturated rings. The Morgan fingerprint density at radius 2 is 2.07 bits per heavy atom. The van der Waals surface area contributed by atoms with Gasteiger partial charge in [-0.05, 0) is 57.2 Å². The molecule has 2 aliphatic heterocycles. The Morgan fingerprint density at radius 3 is 2.79 bits per heavy atom. The number of piperidine rings is 1. The minimum absolute atomic E-state index is 0.112. The molecule has 1 atom stereocenters. The summed E-state index contributed by atoms with van der Waals surface area (Å²) in [5.74, 6) is -0.144. The van der Waals surface area contributed by atoms with Crippen LogP contribution in [0.1, 0.15) is 44.6 Å². The van der Waals surface area contributed by atoms with Crippen molar-refractivity contribution in [3.8, 4) is 0 Å². The molecule has 1 aromatic rings. The van der Waals surface area contributed by atoms with Crippen LogP contribution in [0.25, 0.3) is 0 Å². The molecule has 0 spiro atoms. The van der Waals surface area contributed by atoms with E-state index in [0.717, 1.165) is 70.0 Å². The molecule has 1 unspecified atom stereocenters. The molecular weight excluding hydrogens is 364 g/mol. The summed E-state index contributed by atoms with van der Waals surface area (Å²) in [5.41, 5.74) is 0.265. The van der Waals surface area contributed by atoms with Crippen molar-refractivity contribution in [3.05, 3.63) is 35.4 Å². The average molecular weight is 395 g/mol. The highest BCUT2D eigenvalue weighted by atomic mass is 19.1. The largest absolute Gasteiger partial charge is 0.376 e. The summed E-state index contributed by atoms with van der Waals surface area (Å²) in [7, 11) is 0. The highest BCUT2D eigenvalue weighted by Crippen LogP contribution is 2.18.